The third kappa shape index (κ3) is 2.56. The maximum atomic E-state index is 13.5. The van der Waals surface area contributed by atoms with Gasteiger partial charge in [-0.1, -0.05) is 29.5 Å². The van der Waals surface area contributed by atoms with E-state index in [0.29, 0.717) is 18.2 Å². The van der Waals surface area contributed by atoms with E-state index < -0.39 is 0 Å². The average molecular weight is 408 g/mol. The maximum absolute atomic E-state index is 13.5. The van der Waals surface area contributed by atoms with Crippen molar-refractivity contribution in [1.29, 1.82) is 0 Å². The second-order valence-electron chi connectivity index (χ2n) is 8.81. The van der Waals surface area contributed by atoms with Gasteiger partial charge in [0.2, 0.25) is 5.13 Å². The number of aromatic nitrogens is 3. The number of aromatic amines is 1. The molecule has 3 aliphatic carbocycles. The van der Waals surface area contributed by atoms with Crippen molar-refractivity contribution >= 4 is 33.3 Å². The van der Waals surface area contributed by atoms with Gasteiger partial charge in [0.05, 0.1) is 11.1 Å². The Morgan fingerprint density at radius 3 is 2.97 bits per heavy atom. The summed E-state index contributed by atoms with van der Waals surface area (Å²) in [5, 5.41) is 15.7. The Morgan fingerprint density at radius 2 is 2.17 bits per heavy atom. The van der Waals surface area contributed by atoms with Gasteiger partial charge in [-0.3, -0.25) is 4.79 Å². The summed E-state index contributed by atoms with van der Waals surface area (Å²) in [4.78, 5) is 18.9. The number of benzene rings is 1. The number of carbonyl (C=O) groups excluding carboxylic acids is 1. The van der Waals surface area contributed by atoms with Gasteiger partial charge in [-0.15, -0.1) is 10.2 Å². The number of anilines is 1. The number of hydrogen-bond donors (Lipinski definition) is 2. The van der Waals surface area contributed by atoms with Crippen molar-refractivity contribution in [2.24, 2.45) is 0 Å². The molecule has 29 heavy (non-hydrogen) atoms. The zero-order chi connectivity index (χ0) is 19.6. The lowest BCUT2D eigenvalue weighted by Gasteiger charge is -2.32. The molecule has 0 aliphatic heterocycles. The molecule has 3 saturated carbocycles. The minimum absolute atomic E-state index is 0.0506. The number of hydrogen-bond acceptors (Lipinski definition) is 5. The normalized spacial score (nSPS) is 27.8. The molecule has 0 spiro atoms. The second kappa shape index (κ2) is 6.05. The molecule has 0 saturated heterocycles. The average Bonchev–Trinajstić information content (AvgIpc) is 3.49. The predicted molar refractivity (Wildman–Crippen MR) is 114 cm³/mol. The summed E-state index contributed by atoms with van der Waals surface area (Å²) in [6.07, 6.45) is 6.75. The molecule has 2 N–H and O–H groups in total. The van der Waals surface area contributed by atoms with Crippen LogP contribution in [0.15, 0.2) is 30.3 Å². The molecule has 2 heterocycles. The summed E-state index contributed by atoms with van der Waals surface area (Å²) in [7, 11) is 0. The Kier molecular flexibility index (Phi) is 3.64. The highest BCUT2D eigenvalue weighted by Gasteiger charge is 2.73. The number of amides is 1. The molecule has 1 aromatic carbocycles. The lowest BCUT2D eigenvalue weighted by molar-refractivity contribution is 0.0643. The van der Waals surface area contributed by atoms with Crippen molar-refractivity contribution in [2.45, 2.75) is 62.4 Å². The molecule has 1 amide bonds. The van der Waals surface area contributed by atoms with Gasteiger partial charge in [-0.2, -0.15) is 0 Å². The van der Waals surface area contributed by atoms with Crippen LogP contribution < -0.4 is 5.32 Å². The highest BCUT2D eigenvalue weighted by atomic mass is 32.1. The lowest BCUT2D eigenvalue weighted by atomic mass is 10.1. The molecule has 150 valence electrons. The summed E-state index contributed by atoms with van der Waals surface area (Å²) in [6.45, 7) is 2.80. The van der Waals surface area contributed by atoms with E-state index in [0.717, 1.165) is 46.7 Å². The van der Waals surface area contributed by atoms with Crippen LogP contribution in [0, 0.1) is 0 Å². The largest absolute Gasteiger partial charge is 0.352 e. The number of nitrogens with one attached hydrogen (secondary N) is 2. The van der Waals surface area contributed by atoms with Gasteiger partial charge < -0.3 is 15.2 Å². The van der Waals surface area contributed by atoms with Crippen LogP contribution in [0.5, 0.6) is 0 Å². The van der Waals surface area contributed by atoms with Crippen molar-refractivity contribution in [2.75, 3.05) is 11.9 Å². The fourth-order valence-corrected chi connectivity index (χ4v) is 6.47. The molecule has 0 radical (unpaired) electrons. The van der Waals surface area contributed by atoms with Gasteiger partial charge in [0.1, 0.15) is 10.7 Å². The fourth-order valence-electron chi connectivity index (χ4n) is 5.46. The molecule has 6 rings (SSSR count). The van der Waals surface area contributed by atoms with Gasteiger partial charge in [-0.05, 0) is 57.6 Å². The van der Waals surface area contributed by atoms with Crippen LogP contribution in [0.25, 0.3) is 10.9 Å². The first-order valence-corrected chi connectivity index (χ1v) is 11.5. The summed E-state index contributed by atoms with van der Waals surface area (Å²) in [5.74, 6) is 0.731. The molecule has 3 fully saturated rings. The minimum atomic E-state index is -0.110. The van der Waals surface area contributed by atoms with Crippen LogP contribution in [-0.4, -0.2) is 43.6 Å². The van der Waals surface area contributed by atoms with Gasteiger partial charge >= 0.3 is 0 Å². The van der Waals surface area contributed by atoms with Crippen molar-refractivity contribution in [3.8, 4) is 0 Å². The van der Waals surface area contributed by atoms with E-state index in [1.807, 2.05) is 30.3 Å². The van der Waals surface area contributed by atoms with Crippen molar-refractivity contribution < 1.29 is 4.79 Å². The van der Waals surface area contributed by atoms with Gasteiger partial charge in [0.15, 0.2) is 0 Å². The number of H-pyrrole nitrogens is 1. The van der Waals surface area contributed by atoms with Crippen LogP contribution in [0.2, 0.25) is 0 Å². The molecule has 0 unspecified atom stereocenters. The molecule has 2 aromatic heterocycles. The zero-order valence-corrected chi connectivity index (χ0v) is 17.4. The third-order valence-electron chi connectivity index (χ3n) is 7.11. The van der Waals surface area contributed by atoms with Crippen LogP contribution in [-0.2, 0) is 0 Å². The number of para-hydroxylation sites is 1. The number of nitrogens with zero attached hydrogens (tertiary/aromatic N) is 3. The Bertz CT molecular complexity index is 1070. The standard InChI is InChI=1S/C22H25N5OS/c1-2-27(19(28)17-12-15-6-3-4-7-16(15)23-17)22-11-5-10-21(22,13-22)24-20-26-25-18(29-20)14-8-9-14/h3-4,6-7,12,14,23H,2,5,8-11,13H2,1H3,(H,24,26)/t21-,22-/m0/s1. The third-order valence-corrected chi connectivity index (χ3v) is 8.11. The quantitative estimate of drug-likeness (QED) is 0.629. The van der Waals surface area contributed by atoms with E-state index in [1.165, 1.54) is 12.8 Å². The highest BCUT2D eigenvalue weighted by molar-refractivity contribution is 7.15. The van der Waals surface area contributed by atoms with Crippen LogP contribution in [0.3, 0.4) is 0 Å². The zero-order valence-electron chi connectivity index (χ0n) is 16.6. The monoisotopic (exact) mass is 407 g/mol. The lowest BCUT2D eigenvalue weighted by Crippen LogP contribution is -2.47. The van der Waals surface area contributed by atoms with E-state index in [1.54, 1.807) is 11.3 Å². The highest BCUT2D eigenvalue weighted by Crippen LogP contribution is 2.64. The second-order valence-corrected chi connectivity index (χ2v) is 9.82. The van der Waals surface area contributed by atoms with Gasteiger partial charge in [0.25, 0.3) is 5.91 Å². The van der Waals surface area contributed by atoms with Gasteiger partial charge in [0, 0.05) is 23.4 Å². The molecule has 2 atom stereocenters. The van der Waals surface area contributed by atoms with Gasteiger partial charge in [-0.25, -0.2) is 0 Å². The van der Waals surface area contributed by atoms with E-state index in [9.17, 15) is 4.79 Å². The Morgan fingerprint density at radius 1 is 1.31 bits per heavy atom. The fraction of sp³-hybridized carbons (Fsp3) is 0.500. The minimum Gasteiger partial charge on any atom is -0.352 e. The van der Waals surface area contributed by atoms with Crippen molar-refractivity contribution in [3.05, 3.63) is 41.0 Å². The number of rotatable bonds is 6. The number of likely N-dealkylation sites (N-methyl/N-ethyl adjacent to an activating group) is 1. The summed E-state index contributed by atoms with van der Waals surface area (Å²) in [5.41, 5.74) is 1.53. The number of fused-ring (bicyclic) bond motifs is 2. The maximum Gasteiger partial charge on any atom is 0.270 e. The van der Waals surface area contributed by atoms with E-state index in [4.69, 9.17) is 0 Å². The van der Waals surface area contributed by atoms with E-state index in [2.05, 4.69) is 32.3 Å². The number of carbonyl (C=O) groups is 1. The predicted octanol–water partition coefficient (Wildman–Crippen LogP) is 4.54. The molecular formula is C22H25N5OS. The van der Waals surface area contributed by atoms with Crippen LogP contribution in [0.1, 0.15) is 66.9 Å². The topological polar surface area (TPSA) is 73.9 Å². The molecule has 0 bridgehead atoms. The van der Waals surface area contributed by atoms with Crippen molar-refractivity contribution in [1.82, 2.24) is 20.1 Å². The first-order valence-electron chi connectivity index (χ1n) is 10.7. The molecule has 3 aromatic rings. The van der Waals surface area contributed by atoms with Crippen molar-refractivity contribution in [3.63, 3.8) is 0 Å². The summed E-state index contributed by atoms with van der Waals surface area (Å²) >= 11 is 1.70. The summed E-state index contributed by atoms with van der Waals surface area (Å²) < 4.78 is 0. The SMILES string of the molecule is CCN(C(=O)c1cc2ccccc2[nH]1)[C@]12CCC[C@]1(Nc1nnc(C3CC3)s1)C2. The van der Waals surface area contributed by atoms with E-state index >= 15 is 0 Å². The smallest absolute Gasteiger partial charge is 0.270 e. The molecule has 7 heteroatoms. The van der Waals surface area contributed by atoms with Crippen LogP contribution >= 0.6 is 11.3 Å². The Hall–Kier alpha value is -2.41. The Labute approximate surface area is 173 Å². The molecule has 3 aliphatic rings. The summed E-state index contributed by atoms with van der Waals surface area (Å²) in [6, 6.07) is 10.0. The first kappa shape index (κ1) is 17.4. The van der Waals surface area contributed by atoms with Crippen LogP contribution in [0.4, 0.5) is 5.13 Å². The molecular weight excluding hydrogens is 382 g/mol. The Balaban J connectivity index is 1.28. The molecule has 6 nitrogen and oxygen atoms in total. The first-order chi connectivity index (χ1) is 14.1. The van der Waals surface area contributed by atoms with E-state index in [-0.39, 0.29) is 17.0 Å².